The summed E-state index contributed by atoms with van der Waals surface area (Å²) in [6, 6.07) is 0. The Bertz CT molecular complexity index is 325. The predicted octanol–water partition coefficient (Wildman–Crippen LogP) is 2.22. The molecule has 0 unspecified atom stereocenters. The standard InChI is InChI=1S/C7H4F3NO2S/c8-5-1-4(3-14-11-2-5)6(12)13-7(9)10/h1-3,7H. The highest BCUT2D eigenvalue weighted by Gasteiger charge is 2.16. The summed E-state index contributed by atoms with van der Waals surface area (Å²) in [5.74, 6) is -2.08. The quantitative estimate of drug-likeness (QED) is 0.532. The van der Waals surface area contributed by atoms with Crippen LogP contribution in [-0.2, 0) is 9.53 Å². The van der Waals surface area contributed by atoms with Crippen molar-refractivity contribution >= 4 is 24.1 Å². The number of hydrogen-bond donors (Lipinski definition) is 0. The molecule has 0 aromatic carbocycles. The van der Waals surface area contributed by atoms with Gasteiger partial charge in [0.05, 0.1) is 11.8 Å². The number of alkyl halides is 2. The Kier molecular flexibility index (Phi) is 3.75. The molecule has 0 aromatic rings. The largest absolute Gasteiger partial charge is 0.399 e. The summed E-state index contributed by atoms with van der Waals surface area (Å²) in [6.07, 6.45) is 1.64. The first-order valence-corrected chi connectivity index (χ1v) is 4.19. The van der Waals surface area contributed by atoms with Crippen LogP contribution in [0.1, 0.15) is 0 Å². The van der Waals surface area contributed by atoms with E-state index in [4.69, 9.17) is 0 Å². The van der Waals surface area contributed by atoms with Crippen LogP contribution in [0.25, 0.3) is 0 Å². The molecular formula is C7H4F3NO2S. The number of ether oxygens (including phenoxy) is 1. The molecule has 0 N–H and O–H groups in total. The third kappa shape index (κ3) is 3.25. The van der Waals surface area contributed by atoms with Crippen LogP contribution < -0.4 is 0 Å². The van der Waals surface area contributed by atoms with Crippen LogP contribution in [0, 0.1) is 0 Å². The SMILES string of the molecule is O=C(OC(F)F)C1=CSN=CC(F)=C1. The first-order chi connectivity index (χ1) is 6.59. The molecule has 1 heterocycles. The van der Waals surface area contributed by atoms with E-state index in [1.165, 1.54) is 0 Å². The van der Waals surface area contributed by atoms with E-state index in [1.54, 1.807) is 0 Å². The van der Waals surface area contributed by atoms with E-state index in [0.717, 1.165) is 29.6 Å². The Morgan fingerprint density at radius 2 is 2.29 bits per heavy atom. The van der Waals surface area contributed by atoms with Gasteiger partial charge in [0, 0.05) is 17.4 Å². The fraction of sp³-hybridized carbons (Fsp3) is 0.143. The normalized spacial score (nSPS) is 16.0. The van der Waals surface area contributed by atoms with Gasteiger partial charge in [0.15, 0.2) is 0 Å². The van der Waals surface area contributed by atoms with Crippen molar-refractivity contribution in [3.8, 4) is 0 Å². The molecule has 3 nitrogen and oxygen atoms in total. The molecule has 7 heteroatoms. The van der Waals surface area contributed by atoms with Gasteiger partial charge in [0.2, 0.25) is 0 Å². The summed E-state index contributed by atoms with van der Waals surface area (Å²) in [5.41, 5.74) is -0.301. The maximum absolute atomic E-state index is 12.7. The molecule has 14 heavy (non-hydrogen) atoms. The zero-order valence-corrected chi connectivity index (χ0v) is 7.43. The van der Waals surface area contributed by atoms with E-state index in [1.807, 2.05) is 0 Å². The number of hydrogen-bond acceptors (Lipinski definition) is 4. The third-order valence-corrected chi connectivity index (χ3v) is 1.73. The summed E-state index contributed by atoms with van der Waals surface area (Å²) in [7, 11) is 0. The highest BCUT2D eigenvalue weighted by molar-refractivity contribution is 8.01. The number of carbonyl (C=O) groups excluding carboxylic acids is 1. The van der Waals surface area contributed by atoms with Gasteiger partial charge in [-0.05, 0) is 6.08 Å². The molecule has 0 bridgehead atoms. The average molecular weight is 223 g/mol. The van der Waals surface area contributed by atoms with Gasteiger partial charge in [-0.25, -0.2) is 13.6 Å². The number of esters is 1. The van der Waals surface area contributed by atoms with Crippen molar-refractivity contribution in [3.05, 3.63) is 22.9 Å². The van der Waals surface area contributed by atoms with Crippen molar-refractivity contribution < 1.29 is 22.7 Å². The first kappa shape index (κ1) is 10.8. The van der Waals surface area contributed by atoms with Crippen LogP contribution >= 0.6 is 11.9 Å². The van der Waals surface area contributed by atoms with E-state index in [2.05, 4.69) is 9.13 Å². The average Bonchev–Trinajstić information content (AvgIpc) is 2.28. The molecule has 76 valence electrons. The second-order valence-electron chi connectivity index (χ2n) is 2.11. The van der Waals surface area contributed by atoms with Crippen molar-refractivity contribution in [1.82, 2.24) is 0 Å². The Hall–Kier alpha value is -1.24. The minimum absolute atomic E-state index is 0.301. The number of allylic oxidation sites excluding steroid dienone is 1. The number of rotatable bonds is 2. The predicted molar refractivity (Wildman–Crippen MR) is 45.5 cm³/mol. The molecule has 0 radical (unpaired) electrons. The van der Waals surface area contributed by atoms with E-state index in [9.17, 15) is 18.0 Å². The Labute approximate surface area is 81.5 Å². The second kappa shape index (κ2) is 4.85. The molecule has 1 rings (SSSR count). The molecule has 0 amide bonds. The summed E-state index contributed by atoms with van der Waals surface area (Å²) in [6.45, 7) is -3.21. The van der Waals surface area contributed by atoms with Crippen LogP contribution in [0.4, 0.5) is 13.2 Å². The fourth-order valence-electron chi connectivity index (χ4n) is 0.644. The third-order valence-electron chi connectivity index (χ3n) is 1.14. The number of halogens is 3. The molecule has 1 aliphatic rings. The molecule has 0 aromatic heterocycles. The van der Waals surface area contributed by atoms with Gasteiger partial charge >= 0.3 is 12.6 Å². The minimum atomic E-state index is -3.21. The highest BCUT2D eigenvalue weighted by atomic mass is 32.2. The smallest absolute Gasteiger partial charge is 0.389 e. The minimum Gasteiger partial charge on any atom is -0.399 e. The Balaban J connectivity index is 2.73. The number of carbonyl (C=O) groups is 1. The van der Waals surface area contributed by atoms with E-state index >= 15 is 0 Å². The molecule has 0 fully saturated rings. The van der Waals surface area contributed by atoms with Gasteiger partial charge in [0.1, 0.15) is 5.83 Å². The molecule has 1 aliphatic heterocycles. The summed E-state index contributed by atoms with van der Waals surface area (Å²) in [4.78, 5) is 10.9. The maximum atomic E-state index is 12.7. The van der Waals surface area contributed by atoms with E-state index in [-0.39, 0.29) is 5.57 Å². The molecule has 0 spiro atoms. The topological polar surface area (TPSA) is 38.7 Å². The Morgan fingerprint density at radius 1 is 1.57 bits per heavy atom. The van der Waals surface area contributed by atoms with Gasteiger partial charge in [0.25, 0.3) is 0 Å². The lowest BCUT2D eigenvalue weighted by molar-refractivity contribution is -0.170. The zero-order valence-electron chi connectivity index (χ0n) is 6.62. The van der Waals surface area contributed by atoms with Crippen LogP contribution in [0.5, 0.6) is 0 Å². The fourth-order valence-corrected chi connectivity index (χ4v) is 1.14. The second-order valence-corrected chi connectivity index (χ2v) is 2.77. The maximum Gasteiger partial charge on any atom is 0.389 e. The molecule has 0 saturated heterocycles. The van der Waals surface area contributed by atoms with Crippen LogP contribution in [0.2, 0.25) is 0 Å². The summed E-state index contributed by atoms with van der Waals surface area (Å²) >= 11 is 0.753. The van der Waals surface area contributed by atoms with Crippen LogP contribution in [-0.4, -0.2) is 18.8 Å². The van der Waals surface area contributed by atoms with E-state index in [0.29, 0.717) is 0 Å². The van der Waals surface area contributed by atoms with Gasteiger partial charge < -0.3 is 4.74 Å². The van der Waals surface area contributed by atoms with Crippen molar-refractivity contribution in [1.29, 1.82) is 0 Å². The molecular weight excluding hydrogens is 219 g/mol. The Morgan fingerprint density at radius 3 is 2.93 bits per heavy atom. The van der Waals surface area contributed by atoms with Gasteiger partial charge in [-0.15, -0.1) is 0 Å². The lowest BCUT2D eigenvalue weighted by Crippen LogP contribution is -2.10. The van der Waals surface area contributed by atoms with Gasteiger partial charge in [-0.3, -0.25) is 0 Å². The first-order valence-electron chi connectivity index (χ1n) is 3.35. The van der Waals surface area contributed by atoms with Crippen molar-refractivity contribution in [2.24, 2.45) is 4.40 Å². The highest BCUT2D eigenvalue weighted by Crippen LogP contribution is 2.17. The van der Waals surface area contributed by atoms with Crippen LogP contribution in [0.15, 0.2) is 27.3 Å². The van der Waals surface area contributed by atoms with Crippen LogP contribution in [0.3, 0.4) is 0 Å². The lowest BCUT2D eigenvalue weighted by Gasteiger charge is -2.01. The van der Waals surface area contributed by atoms with Gasteiger partial charge in [-0.2, -0.15) is 8.78 Å². The van der Waals surface area contributed by atoms with Crippen molar-refractivity contribution in [2.45, 2.75) is 6.61 Å². The summed E-state index contributed by atoms with van der Waals surface area (Å²) < 4.78 is 42.9. The zero-order chi connectivity index (χ0) is 10.6. The van der Waals surface area contributed by atoms with Crippen molar-refractivity contribution in [3.63, 3.8) is 0 Å². The van der Waals surface area contributed by atoms with Crippen molar-refractivity contribution in [2.75, 3.05) is 0 Å². The van der Waals surface area contributed by atoms with E-state index < -0.39 is 18.4 Å². The monoisotopic (exact) mass is 223 g/mol. The number of nitrogens with zero attached hydrogens (tertiary/aromatic N) is 1. The summed E-state index contributed by atoms with van der Waals surface area (Å²) in [5, 5.41) is 1.12. The van der Waals surface area contributed by atoms with Gasteiger partial charge in [-0.1, -0.05) is 0 Å². The molecule has 0 atom stereocenters. The molecule has 0 aliphatic carbocycles. The lowest BCUT2D eigenvalue weighted by atomic mass is 10.3. The molecule has 0 saturated carbocycles.